The van der Waals surface area contributed by atoms with Crippen LogP contribution in [0.3, 0.4) is 0 Å². The van der Waals surface area contributed by atoms with Gasteiger partial charge in [0.25, 0.3) is 0 Å². The second-order valence-corrected chi connectivity index (χ2v) is 11.0. The molecule has 4 nitrogen and oxygen atoms in total. The average molecular weight is 439 g/mol. The van der Waals surface area contributed by atoms with Gasteiger partial charge in [-0.2, -0.15) is 0 Å². The number of hydrogen-bond acceptors (Lipinski definition) is 2. The molecule has 0 spiro atoms. The van der Waals surface area contributed by atoms with Gasteiger partial charge in [-0.25, -0.2) is 0 Å². The molecule has 0 aromatic carbocycles. The summed E-state index contributed by atoms with van der Waals surface area (Å²) >= 11 is 0. The number of carboxylic acid groups (broad SMARTS) is 2. The first-order valence-electron chi connectivity index (χ1n) is 13.2. The maximum absolute atomic E-state index is 12.5. The number of carboxylic acids is 2. The fraction of sp³-hybridized carbons (Fsp3) is 0.926. The summed E-state index contributed by atoms with van der Waals surface area (Å²) in [6.45, 7) is 8.97. The molecule has 182 valence electrons. The van der Waals surface area contributed by atoms with E-state index in [9.17, 15) is 19.8 Å². The number of unbranched alkanes of at least 4 members (excludes halogenated alkanes) is 7. The predicted octanol–water partition coefficient (Wildman–Crippen LogP) is 7.94. The van der Waals surface area contributed by atoms with Crippen molar-refractivity contribution < 1.29 is 19.8 Å². The van der Waals surface area contributed by atoms with Crippen LogP contribution in [0, 0.1) is 29.1 Å². The van der Waals surface area contributed by atoms with Gasteiger partial charge in [-0.1, -0.05) is 105 Å². The first kappa shape index (κ1) is 28.0. The lowest BCUT2D eigenvalue weighted by Gasteiger charge is -2.44. The first-order chi connectivity index (χ1) is 14.7. The minimum Gasteiger partial charge on any atom is -0.481 e. The Balaban J connectivity index is 2.63. The number of aliphatic carboxylic acids is 2. The lowest BCUT2D eigenvalue weighted by atomic mass is 9.58. The Kier molecular flexibility index (Phi) is 13.4. The molecule has 1 saturated carbocycles. The molecule has 1 aliphatic rings. The number of hydrogen-bond donors (Lipinski definition) is 2. The van der Waals surface area contributed by atoms with E-state index in [2.05, 4.69) is 27.7 Å². The van der Waals surface area contributed by atoms with Crippen molar-refractivity contribution in [1.29, 1.82) is 0 Å². The third-order valence-electron chi connectivity index (χ3n) is 7.53. The average Bonchev–Trinajstić information content (AvgIpc) is 2.69. The molecule has 1 fully saturated rings. The maximum atomic E-state index is 12.5. The summed E-state index contributed by atoms with van der Waals surface area (Å²) in [5.74, 6) is -0.801. The molecular formula is C27H50O4. The van der Waals surface area contributed by atoms with E-state index in [0.29, 0.717) is 25.2 Å². The van der Waals surface area contributed by atoms with Gasteiger partial charge in [-0.05, 0) is 43.4 Å². The van der Waals surface area contributed by atoms with Gasteiger partial charge in [0.2, 0.25) is 0 Å². The highest BCUT2D eigenvalue weighted by atomic mass is 16.4. The number of carbonyl (C=O) groups is 2. The molecule has 1 aliphatic carbocycles. The van der Waals surface area contributed by atoms with Gasteiger partial charge >= 0.3 is 11.9 Å². The first-order valence-corrected chi connectivity index (χ1v) is 13.2. The fourth-order valence-electron chi connectivity index (χ4n) is 5.66. The highest BCUT2D eigenvalue weighted by molar-refractivity contribution is 5.78. The van der Waals surface area contributed by atoms with Crippen LogP contribution in [0.2, 0.25) is 0 Å². The molecule has 0 aliphatic heterocycles. The van der Waals surface area contributed by atoms with Crippen LogP contribution in [0.4, 0.5) is 0 Å². The molecule has 0 heterocycles. The van der Waals surface area contributed by atoms with E-state index in [4.69, 9.17) is 0 Å². The van der Waals surface area contributed by atoms with Crippen molar-refractivity contribution in [2.75, 3.05) is 0 Å². The molecule has 0 amide bonds. The highest BCUT2D eigenvalue weighted by Crippen LogP contribution is 2.50. The van der Waals surface area contributed by atoms with E-state index in [1.807, 2.05) is 0 Å². The van der Waals surface area contributed by atoms with E-state index in [1.54, 1.807) is 0 Å². The van der Waals surface area contributed by atoms with E-state index in [-0.39, 0.29) is 5.92 Å². The lowest BCUT2D eigenvalue weighted by molar-refractivity contribution is -0.164. The summed E-state index contributed by atoms with van der Waals surface area (Å²) in [5, 5.41) is 20.1. The zero-order valence-corrected chi connectivity index (χ0v) is 20.8. The molecule has 3 unspecified atom stereocenters. The van der Waals surface area contributed by atoms with E-state index in [1.165, 1.54) is 38.5 Å². The van der Waals surface area contributed by atoms with Crippen LogP contribution in [-0.2, 0) is 9.59 Å². The van der Waals surface area contributed by atoms with Crippen LogP contribution in [0.15, 0.2) is 0 Å². The summed E-state index contributed by atoms with van der Waals surface area (Å²) in [6, 6.07) is 0. The van der Waals surface area contributed by atoms with E-state index in [0.717, 1.165) is 50.9 Å². The van der Waals surface area contributed by atoms with Gasteiger partial charge in [-0.15, -0.1) is 0 Å². The molecule has 0 radical (unpaired) electrons. The Labute approximate surface area is 191 Å². The third kappa shape index (κ3) is 9.95. The van der Waals surface area contributed by atoms with Crippen LogP contribution >= 0.6 is 0 Å². The largest absolute Gasteiger partial charge is 0.481 e. The van der Waals surface area contributed by atoms with Gasteiger partial charge in [-0.3, -0.25) is 9.59 Å². The van der Waals surface area contributed by atoms with Crippen molar-refractivity contribution in [2.24, 2.45) is 29.1 Å². The monoisotopic (exact) mass is 438 g/mol. The fourth-order valence-corrected chi connectivity index (χ4v) is 5.66. The Morgan fingerprint density at radius 3 is 1.84 bits per heavy atom. The zero-order chi connectivity index (χ0) is 23.3. The van der Waals surface area contributed by atoms with Gasteiger partial charge in [0, 0.05) is 0 Å². The minimum absolute atomic E-state index is 0.220. The Hall–Kier alpha value is -1.06. The summed E-state index contributed by atoms with van der Waals surface area (Å²) < 4.78 is 0. The molecule has 3 atom stereocenters. The molecule has 0 saturated heterocycles. The van der Waals surface area contributed by atoms with Crippen molar-refractivity contribution in [1.82, 2.24) is 0 Å². The molecule has 0 bridgehead atoms. The Bertz CT molecular complexity index is 513. The maximum Gasteiger partial charge on any atom is 0.309 e. The lowest BCUT2D eigenvalue weighted by Crippen LogP contribution is -2.47. The SMILES string of the molecule is CC(C)CCCCCCCCC1C(C(=O)O)CCCC1(CCCCCC(C)C)C(=O)O. The van der Waals surface area contributed by atoms with Crippen LogP contribution in [0.25, 0.3) is 0 Å². The molecule has 0 aromatic rings. The quantitative estimate of drug-likeness (QED) is 0.226. The number of rotatable bonds is 17. The van der Waals surface area contributed by atoms with Crippen LogP contribution in [0.1, 0.15) is 130 Å². The second kappa shape index (κ2) is 14.9. The van der Waals surface area contributed by atoms with Crippen LogP contribution in [-0.4, -0.2) is 22.2 Å². The van der Waals surface area contributed by atoms with Gasteiger partial charge in [0.05, 0.1) is 11.3 Å². The van der Waals surface area contributed by atoms with Crippen LogP contribution < -0.4 is 0 Å². The second-order valence-electron chi connectivity index (χ2n) is 11.0. The van der Waals surface area contributed by atoms with Crippen molar-refractivity contribution in [2.45, 2.75) is 130 Å². The smallest absolute Gasteiger partial charge is 0.309 e. The predicted molar refractivity (Wildman–Crippen MR) is 128 cm³/mol. The molecule has 31 heavy (non-hydrogen) atoms. The van der Waals surface area contributed by atoms with Gasteiger partial charge in [0.15, 0.2) is 0 Å². The van der Waals surface area contributed by atoms with Crippen LogP contribution in [0.5, 0.6) is 0 Å². The molecule has 0 aromatic heterocycles. The Morgan fingerprint density at radius 1 is 0.806 bits per heavy atom. The highest BCUT2D eigenvalue weighted by Gasteiger charge is 2.52. The standard InChI is InChI=1S/C27H50O4/c1-21(2)15-10-7-5-6-8-12-18-24-23(25(28)29)17-14-20-27(24,26(30)31)19-13-9-11-16-22(3)4/h21-24H,5-20H2,1-4H3,(H,28,29)(H,30,31). The summed E-state index contributed by atoms with van der Waals surface area (Å²) in [4.78, 5) is 24.5. The summed E-state index contributed by atoms with van der Waals surface area (Å²) in [6.07, 6.45) is 16.0. The molecule has 2 N–H and O–H groups in total. The van der Waals surface area contributed by atoms with Crippen molar-refractivity contribution in [3.8, 4) is 0 Å². The molecule has 4 heteroatoms. The van der Waals surface area contributed by atoms with Crippen molar-refractivity contribution >= 4 is 11.9 Å². The van der Waals surface area contributed by atoms with Gasteiger partial charge < -0.3 is 10.2 Å². The van der Waals surface area contributed by atoms with Gasteiger partial charge in [0.1, 0.15) is 0 Å². The van der Waals surface area contributed by atoms with Crippen molar-refractivity contribution in [3.05, 3.63) is 0 Å². The van der Waals surface area contributed by atoms with Crippen molar-refractivity contribution in [3.63, 3.8) is 0 Å². The minimum atomic E-state index is -0.837. The molecule has 1 rings (SSSR count). The van der Waals surface area contributed by atoms with E-state index < -0.39 is 23.3 Å². The zero-order valence-electron chi connectivity index (χ0n) is 20.8. The third-order valence-corrected chi connectivity index (χ3v) is 7.53. The summed E-state index contributed by atoms with van der Waals surface area (Å²) in [5.41, 5.74) is -0.837. The molecular weight excluding hydrogens is 388 g/mol. The summed E-state index contributed by atoms with van der Waals surface area (Å²) in [7, 11) is 0. The Morgan fingerprint density at radius 2 is 1.32 bits per heavy atom. The van der Waals surface area contributed by atoms with E-state index >= 15 is 0 Å². The topological polar surface area (TPSA) is 74.6 Å². The normalized spacial score (nSPS) is 24.1.